The van der Waals surface area contributed by atoms with E-state index in [2.05, 4.69) is 44.2 Å². The van der Waals surface area contributed by atoms with E-state index in [0.29, 0.717) is 13.2 Å². The van der Waals surface area contributed by atoms with Crippen LogP contribution < -0.4 is 0 Å². The maximum atomic E-state index is 6.46. The SMILES string of the molecule is CC1(C)CC2(CC=C(c3ccccc3)O2)CCC12OCCO2. The molecule has 4 rings (SSSR count). The molecule has 1 unspecified atom stereocenters. The summed E-state index contributed by atoms with van der Waals surface area (Å²) in [4.78, 5) is 0. The van der Waals surface area contributed by atoms with Crippen molar-refractivity contribution in [3.63, 3.8) is 0 Å². The van der Waals surface area contributed by atoms with Crippen molar-refractivity contribution in [2.45, 2.75) is 50.9 Å². The zero-order valence-corrected chi connectivity index (χ0v) is 13.4. The Bertz CT molecular complexity index is 584. The van der Waals surface area contributed by atoms with Crippen LogP contribution in [0.4, 0.5) is 0 Å². The van der Waals surface area contributed by atoms with Crippen molar-refractivity contribution in [1.82, 2.24) is 0 Å². The van der Waals surface area contributed by atoms with Crippen LogP contribution in [0, 0.1) is 5.41 Å². The molecule has 0 N–H and O–H groups in total. The van der Waals surface area contributed by atoms with E-state index in [1.807, 2.05) is 6.07 Å². The minimum atomic E-state index is -0.406. The molecule has 0 bridgehead atoms. The van der Waals surface area contributed by atoms with Gasteiger partial charge in [-0.2, -0.15) is 0 Å². The Labute approximate surface area is 132 Å². The molecule has 22 heavy (non-hydrogen) atoms. The van der Waals surface area contributed by atoms with E-state index in [1.54, 1.807) is 0 Å². The molecule has 1 saturated heterocycles. The summed E-state index contributed by atoms with van der Waals surface area (Å²) in [7, 11) is 0. The highest BCUT2D eigenvalue weighted by molar-refractivity contribution is 5.62. The van der Waals surface area contributed by atoms with Gasteiger partial charge in [0, 0.05) is 23.8 Å². The molecule has 2 fully saturated rings. The molecule has 0 radical (unpaired) electrons. The molecule has 1 saturated carbocycles. The van der Waals surface area contributed by atoms with E-state index >= 15 is 0 Å². The molecular formula is C19H24O3. The van der Waals surface area contributed by atoms with Crippen molar-refractivity contribution in [3.8, 4) is 0 Å². The largest absolute Gasteiger partial charge is 0.487 e. The van der Waals surface area contributed by atoms with Crippen LogP contribution in [0.25, 0.3) is 5.76 Å². The zero-order chi connectivity index (χ0) is 15.3. The molecule has 0 aromatic heterocycles. The average molecular weight is 300 g/mol. The summed E-state index contributed by atoms with van der Waals surface area (Å²) >= 11 is 0. The summed E-state index contributed by atoms with van der Waals surface area (Å²) in [5, 5.41) is 0. The first-order valence-corrected chi connectivity index (χ1v) is 8.27. The summed E-state index contributed by atoms with van der Waals surface area (Å²) in [6.07, 6.45) is 6.10. The highest BCUT2D eigenvalue weighted by Gasteiger charge is 2.59. The van der Waals surface area contributed by atoms with Gasteiger partial charge in [0.1, 0.15) is 11.4 Å². The van der Waals surface area contributed by atoms with Crippen LogP contribution in [0.5, 0.6) is 0 Å². The normalized spacial score (nSPS) is 32.2. The minimum absolute atomic E-state index is 0.0400. The predicted molar refractivity (Wildman–Crippen MR) is 85.1 cm³/mol. The summed E-state index contributed by atoms with van der Waals surface area (Å²) in [6, 6.07) is 10.4. The molecule has 3 aliphatic rings. The van der Waals surface area contributed by atoms with Crippen molar-refractivity contribution in [3.05, 3.63) is 42.0 Å². The zero-order valence-electron chi connectivity index (χ0n) is 13.4. The van der Waals surface area contributed by atoms with Crippen LogP contribution in [0.2, 0.25) is 0 Å². The first-order chi connectivity index (χ1) is 10.5. The summed E-state index contributed by atoms with van der Waals surface area (Å²) in [6.45, 7) is 5.93. The molecule has 1 aromatic rings. The van der Waals surface area contributed by atoms with Gasteiger partial charge in [0.25, 0.3) is 0 Å². The van der Waals surface area contributed by atoms with E-state index in [1.165, 1.54) is 5.56 Å². The molecule has 2 aliphatic heterocycles. The lowest BCUT2D eigenvalue weighted by molar-refractivity contribution is -0.268. The van der Waals surface area contributed by atoms with Gasteiger partial charge in [-0.05, 0) is 18.9 Å². The first kappa shape index (κ1) is 14.3. The quantitative estimate of drug-likeness (QED) is 0.780. The molecule has 1 aromatic carbocycles. The number of ether oxygens (including phenoxy) is 3. The van der Waals surface area contributed by atoms with Crippen LogP contribution in [-0.4, -0.2) is 24.6 Å². The van der Waals surface area contributed by atoms with Crippen molar-refractivity contribution in [2.24, 2.45) is 5.41 Å². The van der Waals surface area contributed by atoms with Crippen LogP contribution in [-0.2, 0) is 14.2 Å². The van der Waals surface area contributed by atoms with Gasteiger partial charge in [0.15, 0.2) is 5.79 Å². The van der Waals surface area contributed by atoms with Crippen LogP contribution >= 0.6 is 0 Å². The van der Waals surface area contributed by atoms with Gasteiger partial charge >= 0.3 is 0 Å². The third-order valence-electron chi connectivity index (χ3n) is 5.50. The summed E-state index contributed by atoms with van der Waals surface area (Å²) < 4.78 is 18.5. The van der Waals surface area contributed by atoms with E-state index in [0.717, 1.165) is 31.4 Å². The van der Waals surface area contributed by atoms with E-state index in [-0.39, 0.29) is 11.0 Å². The average Bonchev–Trinajstić information content (AvgIpc) is 3.13. The molecule has 3 heteroatoms. The van der Waals surface area contributed by atoms with Gasteiger partial charge in [-0.3, -0.25) is 0 Å². The number of hydrogen-bond acceptors (Lipinski definition) is 3. The van der Waals surface area contributed by atoms with E-state index in [9.17, 15) is 0 Å². The van der Waals surface area contributed by atoms with Crippen LogP contribution in [0.1, 0.15) is 45.1 Å². The van der Waals surface area contributed by atoms with Gasteiger partial charge in [0.2, 0.25) is 0 Å². The van der Waals surface area contributed by atoms with Gasteiger partial charge in [-0.1, -0.05) is 44.2 Å². The lowest BCUT2D eigenvalue weighted by atomic mass is 9.65. The molecule has 0 amide bonds. The maximum Gasteiger partial charge on any atom is 0.173 e. The molecule has 2 heterocycles. The fourth-order valence-corrected chi connectivity index (χ4v) is 4.38. The highest BCUT2D eigenvalue weighted by atomic mass is 16.7. The third kappa shape index (κ3) is 2.10. The second kappa shape index (κ2) is 4.84. The van der Waals surface area contributed by atoms with Gasteiger partial charge < -0.3 is 14.2 Å². The third-order valence-corrected chi connectivity index (χ3v) is 5.50. The first-order valence-electron chi connectivity index (χ1n) is 8.27. The highest BCUT2D eigenvalue weighted by Crippen LogP contribution is 2.56. The van der Waals surface area contributed by atoms with Crippen LogP contribution in [0.3, 0.4) is 0 Å². The van der Waals surface area contributed by atoms with Crippen molar-refractivity contribution < 1.29 is 14.2 Å². The maximum absolute atomic E-state index is 6.46. The Kier molecular flexibility index (Phi) is 3.14. The fraction of sp³-hybridized carbons (Fsp3) is 0.579. The van der Waals surface area contributed by atoms with Gasteiger partial charge in [-0.25, -0.2) is 0 Å². The fourth-order valence-electron chi connectivity index (χ4n) is 4.38. The second-order valence-electron chi connectivity index (χ2n) is 7.43. The Morgan fingerprint density at radius 1 is 0.955 bits per heavy atom. The molecule has 118 valence electrons. The Morgan fingerprint density at radius 2 is 1.68 bits per heavy atom. The van der Waals surface area contributed by atoms with E-state index in [4.69, 9.17) is 14.2 Å². The second-order valence-corrected chi connectivity index (χ2v) is 7.43. The molecule has 1 atom stereocenters. The Morgan fingerprint density at radius 3 is 2.36 bits per heavy atom. The van der Waals surface area contributed by atoms with Crippen molar-refractivity contribution in [2.75, 3.05) is 13.2 Å². The number of hydrogen-bond donors (Lipinski definition) is 0. The lowest BCUT2D eigenvalue weighted by Crippen LogP contribution is -2.55. The number of rotatable bonds is 1. The molecule has 2 spiro atoms. The molecular weight excluding hydrogens is 276 g/mol. The van der Waals surface area contributed by atoms with Gasteiger partial charge in [-0.15, -0.1) is 0 Å². The van der Waals surface area contributed by atoms with E-state index < -0.39 is 5.79 Å². The van der Waals surface area contributed by atoms with Crippen molar-refractivity contribution in [1.29, 1.82) is 0 Å². The lowest BCUT2D eigenvalue weighted by Gasteiger charge is -2.51. The van der Waals surface area contributed by atoms with Crippen molar-refractivity contribution >= 4 is 5.76 Å². The standard InChI is InChI=1S/C19H24O3/c1-17(2)14-18(10-11-19(17)20-12-13-21-19)9-8-16(22-18)15-6-4-3-5-7-15/h3-8H,9-14H2,1-2H3. The Hall–Kier alpha value is -1.32. The monoisotopic (exact) mass is 300 g/mol. The predicted octanol–water partition coefficient (Wildman–Crippen LogP) is 4.14. The summed E-state index contributed by atoms with van der Waals surface area (Å²) in [5.41, 5.74) is 1.04. The van der Waals surface area contributed by atoms with Crippen LogP contribution in [0.15, 0.2) is 36.4 Å². The minimum Gasteiger partial charge on any atom is -0.487 e. The summed E-state index contributed by atoms with van der Waals surface area (Å²) in [5.74, 6) is 0.623. The topological polar surface area (TPSA) is 27.7 Å². The smallest absolute Gasteiger partial charge is 0.173 e. The molecule has 3 nitrogen and oxygen atoms in total. The number of benzene rings is 1. The molecule has 1 aliphatic carbocycles. The van der Waals surface area contributed by atoms with Gasteiger partial charge in [0.05, 0.1) is 13.2 Å². The Balaban J connectivity index is 1.54.